The van der Waals surface area contributed by atoms with Gasteiger partial charge in [-0.15, -0.1) is 0 Å². The van der Waals surface area contributed by atoms with Crippen LogP contribution in [0.3, 0.4) is 0 Å². The molecule has 0 aromatic heterocycles. The second-order valence-electron chi connectivity index (χ2n) is 6.84. The highest BCUT2D eigenvalue weighted by Crippen LogP contribution is 2.32. The fraction of sp³-hybridized carbons (Fsp3) is 0.950. The van der Waals surface area contributed by atoms with Crippen LogP contribution in [0.4, 0.5) is 0 Å². The highest BCUT2D eigenvalue weighted by molar-refractivity contribution is 5.65. The molecule has 0 aromatic rings. The summed E-state index contributed by atoms with van der Waals surface area (Å²) in [5.41, 5.74) is -0.0640. The molecule has 0 aliphatic heterocycles. The molecule has 0 saturated heterocycles. The predicted molar refractivity (Wildman–Crippen MR) is 104 cm³/mol. The zero-order valence-corrected chi connectivity index (χ0v) is 17.8. The van der Waals surface area contributed by atoms with Gasteiger partial charge < -0.3 is 28.4 Å². The number of unbranched alkanes of at least 4 members (excludes halogenated alkanes) is 2. The van der Waals surface area contributed by atoms with E-state index in [9.17, 15) is 4.79 Å². The molecule has 0 saturated carbocycles. The molecule has 0 aromatic carbocycles. The van der Waals surface area contributed by atoms with E-state index < -0.39 is 0 Å². The van der Waals surface area contributed by atoms with Gasteiger partial charge in [0.05, 0.1) is 46.2 Å². The fourth-order valence-electron chi connectivity index (χ4n) is 2.88. The molecule has 7 nitrogen and oxygen atoms in total. The van der Waals surface area contributed by atoms with Gasteiger partial charge in [0.2, 0.25) is 0 Å². The quantitative estimate of drug-likeness (QED) is 0.233. The lowest BCUT2D eigenvalue weighted by atomic mass is 9.79. The Morgan fingerprint density at radius 1 is 0.667 bits per heavy atom. The number of ether oxygens (including phenoxy) is 6. The summed E-state index contributed by atoms with van der Waals surface area (Å²) >= 11 is 0. The summed E-state index contributed by atoms with van der Waals surface area (Å²) in [6.45, 7) is 6.22. The van der Waals surface area contributed by atoms with Crippen LogP contribution in [0, 0.1) is 5.41 Å². The van der Waals surface area contributed by atoms with Gasteiger partial charge in [-0.05, 0) is 32.1 Å². The number of hydrogen-bond acceptors (Lipinski definition) is 7. The standard InChI is InChI=1S/C20H40O7/c1-19(21)27-12-8-6-10-20(9-5-7-11-22-2,17-25-15-13-23-3)18-26-16-14-24-4/h5-18H2,1-4H3. The highest BCUT2D eigenvalue weighted by atomic mass is 16.5. The molecule has 0 atom stereocenters. The first-order chi connectivity index (χ1) is 13.1. The molecule has 0 amide bonds. The zero-order chi connectivity index (χ0) is 20.2. The molecule has 0 bridgehead atoms. The molecular weight excluding hydrogens is 352 g/mol. The molecule has 0 aliphatic rings. The van der Waals surface area contributed by atoms with Crippen LogP contribution in [0.1, 0.15) is 45.4 Å². The Morgan fingerprint density at radius 2 is 1.15 bits per heavy atom. The maximum atomic E-state index is 10.9. The predicted octanol–water partition coefficient (Wildman–Crippen LogP) is 2.85. The van der Waals surface area contributed by atoms with Gasteiger partial charge in [0.25, 0.3) is 0 Å². The molecular formula is C20H40O7. The highest BCUT2D eigenvalue weighted by Gasteiger charge is 2.30. The van der Waals surface area contributed by atoms with Gasteiger partial charge >= 0.3 is 5.97 Å². The van der Waals surface area contributed by atoms with E-state index in [1.54, 1.807) is 21.3 Å². The van der Waals surface area contributed by atoms with Crippen molar-refractivity contribution in [2.24, 2.45) is 5.41 Å². The molecule has 7 heteroatoms. The van der Waals surface area contributed by atoms with Crippen LogP contribution in [0.25, 0.3) is 0 Å². The van der Waals surface area contributed by atoms with E-state index in [-0.39, 0.29) is 11.4 Å². The lowest BCUT2D eigenvalue weighted by Gasteiger charge is -2.34. The van der Waals surface area contributed by atoms with Crippen LogP contribution >= 0.6 is 0 Å². The first-order valence-corrected chi connectivity index (χ1v) is 9.86. The van der Waals surface area contributed by atoms with E-state index in [4.69, 9.17) is 28.4 Å². The Morgan fingerprint density at radius 3 is 1.59 bits per heavy atom. The molecule has 0 unspecified atom stereocenters. The summed E-state index contributed by atoms with van der Waals surface area (Å²) < 4.78 is 32.2. The number of hydrogen-bond donors (Lipinski definition) is 0. The van der Waals surface area contributed by atoms with E-state index in [1.807, 2.05) is 0 Å². The number of carbonyl (C=O) groups excluding carboxylic acids is 1. The van der Waals surface area contributed by atoms with Crippen molar-refractivity contribution < 1.29 is 33.2 Å². The molecule has 0 N–H and O–H groups in total. The third-order valence-electron chi connectivity index (χ3n) is 4.39. The van der Waals surface area contributed by atoms with E-state index in [2.05, 4.69) is 0 Å². The van der Waals surface area contributed by atoms with Gasteiger partial charge in [-0.25, -0.2) is 0 Å². The van der Waals surface area contributed by atoms with E-state index in [1.165, 1.54) is 6.92 Å². The number of rotatable bonds is 20. The van der Waals surface area contributed by atoms with Gasteiger partial charge in [0, 0.05) is 40.3 Å². The number of methoxy groups -OCH3 is 3. The van der Waals surface area contributed by atoms with Gasteiger partial charge in [0.1, 0.15) is 0 Å². The summed E-state index contributed by atoms with van der Waals surface area (Å²) in [5, 5.41) is 0. The second kappa shape index (κ2) is 18.6. The Balaban J connectivity index is 4.68. The SMILES string of the molecule is COCCCCC(CCCCOC(C)=O)(COCCOC)COCCOC. The van der Waals surface area contributed by atoms with Crippen molar-refractivity contribution in [1.82, 2.24) is 0 Å². The van der Waals surface area contributed by atoms with Gasteiger partial charge in [-0.2, -0.15) is 0 Å². The summed E-state index contributed by atoms with van der Waals surface area (Å²) in [6.07, 6.45) is 5.83. The Labute approximate surface area is 165 Å². The average molecular weight is 393 g/mol. The van der Waals surface area contributed by atoms with Crippen molar-refractivity contribution in [1.29, 1.82) is 0 Å². The molecule has 0 radical (unpaired) electrons. The van der Waals surface area contributed by atoms with Crippen molar-refractivity contribution in [2.75, 3.05) is 74.2 Å². The summed E-state index contributed by atoms with van der Waals surface area (Å²) in [7, 11) is 5.07. The first kappa shape index (κ1) is 26.3. The van der Waals surface area contributed by atoms with Crippen LogP contribution in [-0.2, 0) is 33.2 Å². The lowest BCUT2D eigenvalue weighted by Crippen LogP contribution is -2.34. The molecule has 0 spiro atoms. The molecule has 27 heavy (non-hydrogen) atoms. The van der Waals surface area contributed by atoms with Gasteiger partial charge in [-0.1, -0.05) is 6.42 Å². The van der Waals surface area contributed by atoms with E-state index >= 15 is 0 Å². The minimum atomic E-state index is -0.230. The van der Waals surface area contributed by atoms with Gasteiger partial charge in [0.15, 0.2) is 0 Å². The summed E-state index contributed by atoms with van der Waals surface area (Å²) in [4.78, 5) is 10.9. The maximum Gasteiger partial charge on any atom is 0.302 e. The monoisotopic (exact) mass is 392 g/mol. The smallest absolute Gasteiger partial charge is 0.302 e. The van der Waals surface area contributed by atoms with E-state index in [0.29, 0.717) is 46.2 Å². The van der Waals surface area contributed by atoms with Crippen molar-refractivity contribution in [2.45, 2.75) is 45.4 Å². The minimum Gasteiger partial charge on any atom is -0.466 e. The minimum absolute atomic E-state index is 0.0640. The Bertz CT molecular complexity index is 305. The van der Waals surface area contributed by atoms with Crippen molar-refractivity contribution in [3.05, 3.63) is 0 Å². The van der Waals surface area contributed by atoms with Crippen molar-refractivity contribution >= 4 is 5.97 Å². The van der Waals surface area contributed by atoms with Crippen LogP contribution in [0.5, 0.6) is 0 Å². The average Bonchev–Trinajstić information content (AvgIpc) is 2.65. The summed E-state index contributed by atoms with van der Waals surface area (Å²) in [5.74, 6) is -0.230. The van der Waals surface area contributed by atoms with Crippen LogP contribution in [0.2, 0.25) is 0 Å². The van der Waals surface area contributed by atoms with Crippen LogP contribution in [0.15, 0.2) is 0 Å². The summed E-state index contributed by atoms with van der Waals surface area (Å²) in [6, 6.07) is 0. The fourth-order valence-corrected chi connectivity index (χ4v) is 2.88. The maximum absolute atomic E-state index is 10.9. The van der Waals surface area contributed by atoms with Crippen LogP contribution < -0.4 is 0 Å². The molecule has 0 fully saturated rings. The third-order valence-corrected chi connectivity index (χ3v) is 4.39. The topological polar surface area (TPSA) is 72.5 Å². The third kappa shape index (κ3) is 16.0. The molecule has 0 heterocycles. The number of carbonyl (C=O) groups is 1. The van der Waals surface area contributed by atoms with E-state index in [0.717, 1.165) is 45.1 Å². The van der Waals surface area contributed by atoms with Crippen molar-refractivity contribution in [3.8, 4) is 0 Å². The second-order valence-corrected chi connectivity index (χ2v) is 6.84. The zero-order valence-electron chi connectivity index (χ0n) is 17.8. The van der Waals surface area contributed by atoms with Gasteiger partial charge in [-0.3, -0.25) is 4.79 Å². The Kier molecular flexibility index (Phi) is 18.1. The molecule has 0 rings (SSSR count). The first-order valence-electron chi connectivity index (χ1n) is 9.86. The Hall–Kier alpha value is -0.730. The lowest BCUT2D eigenvalue weighted by molar-refractivity contribution is -0.141. The number of esters is 1. The normalized spacial score (nSPS) is 11.7. The van der Waals surface area contributed by atoms with Crippen molar-refractivity contribution in [3.63, 3.8) is 0 Å². The molecule has 162 valence electrons. The molecule has 0 aliphatic carbocycles. The largest absolute Gasteiger partial charge is 0.466 e. The van der Waals surface area contributed by atoms with Crippen LogP contribution in [-0.4, -0.2) is 80.2 Å².